The molecule has 0 bridgehead atoms. The second-order valence-electron chi connectivity index (χ2n) is 6.99. The van der Waals surface area contributed by atoms with Crippen molar-refractivity contribution >= 4 is 23.2 Å². The van der Waals surface area contributed by atoms with E-state index in [0.29, 0.717) is 23.8 Å². The van der Waals surface area contributed by atoms with Crippen molar-refractivity contribution in [2.75, 3.05) is 30.3 Å². The molecule has 5 nitrogen and oxygen atoms in total. The minimum Gasteiger partial charge on any atom is -0.323 e. The van der Waals surface area contributed by atoms with Crippen LogP contribution >= 0.6 is 0 Å². The minimum atomic E-state index is -0.587. The summed E-state index contributed by atoms with van der Waals surface area (Å²) in [5.74, 6) is -0.563. The van der Waals surface area contributed by atoms with Crippen LogP contribution in [-0.2, 0) is 4.79 Å². The molecule has 142 valence electrons. The molecule has 1 aliphatic heterocycles. The van der Waals surface area contributed by atoms with E-state index in [1.807, 2.05) is 0 Å². The van der Waals surface area contributed by atoms with E-state index in [0.717, 1.165) is 25.9 Å². The van der Waals surface area contributed by atoms with E-state index < -0.39 is 11.7 Å². The maximum atomic E-state index is 13.8. The lowest BCUT2D eigenvalue weighted by molar-refractivity contribution is -0.117. The molecule has 0 unspecified atom stereocenters. The van der Waals surface area contributed by atoms with E-state index in [2.05, 4.69) is 22.5 Å². The van der Waals surface area contributed by atoms with Gasteiger partial charge in [0.25, 0.3) is 5.91 Å². The van der Waals surface area contributed by atoms with E-state index in [-0.39, 0.29) is 11.5 Å². The van der Waals surface area contributed by atoms with Crippen molar-refractivity contribution in [3.63, 3.8) is 0 Å². The highest BCUT2D eigenvalue weighted by Gasteiger charge is 2.19. The maximum absolute atomic E-state index is 13.8. The van der Waals surface area contributed by atoms with Gasteiger partial charge in [0.1, 0.15) is 5.82 Å². The molecule has 2 aromatic carbocycles. The second-order valence-corrected chi connectivity index (χ2v) is 6.99. The Balaban J connectivity index is 1.64. The predicted octanol–water partition coefficient (Wildman–Crippen LogP) is 3.75. The quantitative estimate of drug-likeness (QED) is 0.844. The highest BCUT2D eigenvalue weighted by atomic mass is 19.1. The Morgan fingerprint density at radius 1 is 1.00 bits per heavy atom. The van der Waals surface area contributed by atoms with Crippen LogP contribution in [0.1, 0.15) is 30.1 Å². The molecule has 1 aliphatic rings. The second kappa shape index (κ2) is 8.77. The van der Waals surface area contributed by atoms with Crippen LogP contribution in [0.5, 0.6) is 0 Å². The Morgan fingerprint density at radius 3 is 2.26 bits per heavy atom. The maximum Gasteiger partial charge on any atom is 0.258 e. The number of carbonyl (C=O) groups excluding carboxylic acids is 2. The largest absolute Gasteiger partial charge is 0.323 e. The first-order valence-electron chi connectivity index (χ1n) is 9.20. The summed E-state index contributed by atoms with van der Waals surface area (Å²) in [7, 11) is 0. The zero-order valence-corrected chi connectivity index (χ0v) is 15.4. The van der Waals surface area contributed by atoms with Gasteiger partial charge in [0.05, 0.1) is 23.5 Å². The topological polar surface area (TPSA) is 61.4 Å². The fourth-order valence-electron chi connectivity index (χ4n) is 3.15. The minimum absolute atomic E-state index is 0.0407. The molecule has 0 spiro atoms. The highest BCUT2D eigenvalue weighted by Crippen LogP contribution is 2.23. The molecule has 0 radical (unpaired) electrons. The molecule has 0 saturated carbocycles. The highest BCUT2D eigenvalue weighted by molar-refractivity contribution is 6.07. The first-order chi connectivity index (χ1) is 13.0. The lowest BCUT2D eigenvalue weighted by Crippen LogP contribution is -2.38. The summed E-state index contributed by atoms with van der Waals surface area (Å²) in [6.07, 6.45) is 2.20. The lowest BCUT2D eigenvalue weighted by Gasteiger charge is -2.29. The van der Waals surface area contributed by atoms with Gasteiger partial charge in [-0.05, 0) is 56.1 Å². The zero-order valence-electron chi connectivity index (χ0n) is 15.4. The van der Waals surface area contributed by atoms with Gasteiger partial charge in [-0.1, -0.05) is 31.2 Å². The van der Waals surface area contributed by atoms with Gasteiger partial charge < -0.3 is 10.6 Å². The molecule has 1 heterocycles. The van der Waals surface area contributed by atoms with Crippen LogP contribution in [0.4, 0.5) is 15.8 Å². The number of benzene rings is 2. The van der Waals surface area contributed by atoms with Crippen molar-refractivity contribution in [3.05, 3.63) is 59.9 Å². The van der Waals surface area contributed by atoms with Crippen LogP contribution < -0.4 is 10.6 Å². The molecule has 1 saturated heterocycles. The van der Waals surface area contributed by atoms with E-state index in [1.165, 1.54) is 18.2 Å². The Kier molecular flexibility index (Phi) is 6.19. The monoisotopic (exact) mass is 369 g/mol. The fraction of sp³-hybridized carbons (Fsp3) is 0.333. The van der Waals surface area contributed by atoms with E-state index in [9.17, 15) is 14.0 Å². The molecular weight excluding hydrogens is 345 g/mol. The number of likely N-dealkylation sites (tertiary alicyclic amines) is 1. The number of carbonyl (C=O) groups is 2. The van der Waals surface area contributed by atoms with E-state index >= 15 is 0 Å². The number of nitrogens with zero attached hydrogens (tertiary/aromatic N) is 1. The molecule has 2 aromatic rings. The van der Waals surface area contributed by atoms with Crippen molar-refractivity contribution in [2.24, 2.45) is 5.92 Å². The summed E-state index contributed by atoms with van der Waals surface area (Å²) in [5, 5.41) is 5.53. The molecule has 2 N–H and O–H groups in total. The van der Waals surface area contributed by atoms with Gasteiger partial charge in [-0.2, -0.15) is 0 Å². The Bertz CT molecular complexity index is 817. The molecule has 3 rings (SSSR count). The standard InChI is InChI=1S/C21H24FN3O2/c1-15-10-12-25(13-11-15)14-20(26)23-18-8-4-5-9-19(18)24-21(27)16-6-2-3-7-17(16)22/h2-9,15H,10-14H2,1H3,(H,23,26)(H,24,27). The van der Waals surface area contributed by atoms with E-state index in [4.69, 9.17) is 0 Å². The molecule has 1 fully saturated rings. The van der Waals surface area contributed by atoms with Crippen molar-refractivity contribution in [1.29, 1.82) is 0 Å². The van der Waals surface area contributed by atoms with Crippen molar-refractivity contribution in [3.8, 4) is 0 Å². The van der Waals surface area contributed by atoms with Gasteiger partial charge in [0, 0.05) is 0 Å². The number of nitrogens with one attached hydrogen (secondary N) is 2. The summed E-state index contributed by atoms with van der Waals surface area (Å²) in [6, 6.07) is 12.7. The molecule has 0 atom stereocenters. The lowest BCUT2D eigenvalue weighted by atomic mass is 9.99. The summed E-state index contributed by atoms with van der Waals surface area (Å²) in [6.45, 7) is 4.38. The number of amides is 2. The third-order valence-electron chi connectivity index (χ3n) is 4.81. The average Bonchev–Trinajstić information content (AvgIpc) is 2.65. The Labute approximate surface area is 158 Å². The number of piperidine rings is 1. The number of halogens is 1. The molecule has 27 heavy (non-hydrogen) atoms. The number of rotatable bonds is 5. The summed E-state index contributed by atoms with van der Waals surface area (Å²) >= 11 is 0. The van der Waals surface area contributed by atoms with Gasteiger partial charge >= 0.3 is 0 Å². The first kappa shape index (κ1) is 19.0. The van der Waals surface area contributed by atoms with Gasteiger partial charge in [-0.25, -0.2) is 4.39 Å². The molecule has 2 amide bonds. The third kappa shape index (κ3) is 5.14. The van der Waals surface area contributed by atoms with Crippen molar-refractivity contribution in [2.45, 2.75) is 19.8 Å². The smallest absolute Gasteiger partial charge is 0.258 e. The van der Waals surface area contributed by atoms with Crippen LogP contribution in [0.3, 0.4) is 0 Å². The van der Waals surface area contributed by atoms with Crippen LogP contribution in [0, 0.1) is 11.7 Å². The predicted molar refractivity (Wildman–Crippen MR) is 104 cm³/mol. The van der Waals surface area contributed by atoms with Crippen molar-refractivity contribution in [1.82, 2.24) is 4.90 Å². The van der Waals surface area contributed by atoms with Crippen LogP contribution in [-0.4, -0.2) is 36.3 Å². The Hall–Kier alpha value is -2.73. The Morgan fingerprint density at radius 2 is 1.59 bits per heavy atom. The van der Waals surface area contributed by atoms with Gasteiger partial charge in [-0.3, -0.25) is 14.5 Å². The summed E-state index contributed by atoms with van der Waals surface area (Å²) in [5.41, 5.74) is 0.894. The van der Waals surface area contributed by atoms with Crippen molar-refractivity contribution < 1.29 is 14.0 Å². The molecular formula is C21H24FN3O2. The van der Waals surface area contributed by atoms with Crippen LogP contribution in [0.25, 0.3) is 0 Å². The molecule has 0 aliphatic carbocycles. The van der Waals surface area contributed by atoms with Crippen LogP contribution in [0.15, 0.2) is 48.5 Å². The van der Waals surface area contributed by atoms with Gasteiger partial charge in [0.2, 0.25) is 5.91 Å². The summed E-state index contributed by atoms with van der Waals surface area (Å²) in [4.78, 5) is 26.9. The fourth-order valence-corrected chi connectivity index (χ4v) is 3.15. The van der Waals surface area contributed by atoms with Gasteiger partial charge in [-0.15, -0.1) is 0 Å². The summed E-state index contributed by atoms with van der Waals surface area (Å²) < 4.78 is 13.8. The molecule has 6 heteroatoms. The number of hydrogen-bond acceptors (Lipinski definition) is 3. The molecule has 0 aromatic heterocycles. The first-order valence-corrected chi connectivity index (χ1v) is 9.20. The van der Waals surface area contributed by atoms with Gasteiger partial charge in [0.15, 0.2) is 0 Å². The SMILES string of the molecule is CC1CCN(CC(=O)Nc2ccccc2NC(=O)c2ccccc2F)CC1. The zero-order chi connectivity index (χ0) is 19.2. The van der Waals surface area contributed by atoms with E-state index in [1.54, 1.807) is 30.3 Å². The van der Waals surface area contributed by atoms with Crippen LogP contribution in [0.2, 0.25) is 0 Å². The normalized spacial score (nSPS) is 15.3. The number of para-hydroxylation sites is 2. The average molecular weight is 369 g/mol. The third-order valence-corrected chi connectivity index (χ3v) is 4.81. The number of anilines is 2. The number of hydrogen-bond donors (Lipinski definition) is 2.